The third kappa shape index (κ3) is 1.12. The molecule has 0 aliphatic rings. The molecule has 0 saturated heterocycles. The van der Waals surface area contributed by atoms with Crippen LogP contribution in [0.5, 0.6) is 0 Å². The molecular formula is C6H3BrClN3. The van der Waals surface area contributed by atoms with Gasteiger partial charge in [-0.2, -0.15) is 0 Å². The van der Waals surface area contributed by atoms with Crippen molar-refractivity contribution < 1.29 is 0 Å². The molecule has 0 saturated carbocycles. The van der Waals surface area contributed by atoms with Crippen LogP contribution >= 0.6 is 27.5 Å². The standard InChI is InChI=1S/C6H3BrClN3/c7-4-2-9-6-3(4)1-5(8)10-11-6/h1-2H,(H,9,11). The second kappa shape index (κ2) is 2.46. The monoisotopic (exact) mass is 231 g/mol. The first-order valence-corrected chi connectivity index (χ1v) is 4.10. The highest BCUT2D eigenvalue weighted by Crippen LogP contribution is 2.22. The summed E-state index contributed by atoms with van der Waals surface area (Å²) in [6, 6.07) is 1.75. The van der Waals surface area contributed by atoms with Crippen molar-refractivity contribution >= 4 is 38.6 Å². The number of nitrogens with zero attached hydrogens (tertiary/aromatic N) is 2. The fourth-order valence-corrected chi connectivity index (χ4v) is 1.43. The summed E-state index contributed by atoms with van der Waals surface area (Å²) in [6.45, 7) is 0. The van der Waals surface area contributed by atoms with Crippen LogP contribution in [0, 0.1) is 0 Å². The van der Waals surface area contributed by atoms with Crippen molar-refractivity contribution in [1.82, 2.24) is 15.2 Å². The Morgan fingerprint density at radius 1 is 1.45 bits per heavy atom. The van der Waals surface area contributed by atoms with E-state index in [1.807, 2.05) is 0 Å². The molecule has 11 heavy (non-hydrogen) atoms. The van der Waals surface area contributed by atoms with Crippen LogP contribution in [0.1, 0.15) is 0 Å². The first kappa shape index (κ1) is 7.06. The molecule has 3 nitrogen and oxygen atoms in total. The largest absolute Gasteiger partial charge is 0.343 e. The average Bonchev–Trinajstić information content (AvgIpc) is 2.33. The molecule has 5 heteroatoms. The van der Waals surface area contributed by atoms with Gasteiger partial charge in [-0.25, -0.2) is 0 Å². The van der Waals surface area contributed by atoms with Crippen LogP contribution in [-0.2, 0) is 0 Å². The molecule has 2 aromatic rings. The van der Waals surface area contributed by atoms with E-state index < -0.39 is 0 Å². The first-order valence-electron chi connectivity index (χ1n) is 2.93. The molecule has 2 rings (SSSR count). The van der Waals surface area contributed by atoms with Gasteiger partial charge in [0.25, 0.3) is 0 Å². The maximum atomic E-state index is 5.64. The van der Waals surface area contributed by atoms with Gasteiger partial charge in [0, 0.05) is 16.1 Å². The number of fused-ring (bicyclic) bond motifs is 1. The Balaban J connectivity index is 2.87. The summed E-state index contributed by atoms with van der Waals surface area (Å²) in [4.78, 5) is 2.94. The summed E-state index contributed by atoms with van der Waals surface area (Å²) in [7, 11) is 0. The lowest BCUT2D eigenvalue weighted by Gasteiger charge is -1.88. The topological polar surface area (TPSA) is 41.6 Å². The summed E-state index contributed by atoms with van der Waals surface area (Å²) in [6.07, 6.45) is 1.80. The highest BCUT2D eigenvalue weighted by atomic mass is 79.9. The maximum Gasteiger partial charge on any atom is 0.161 e. The number of nitrogens with one attached hydrogen (secondary N) is 1. The van der Waals surface area contributed by atoms with E-state index in [2.05, 4.69) is 31.1 Å². The molecule has 0 amide bonds. The fraction of sp³-hybridized carbons (Fsp3) is 0. The van der Waals surface area contributed by atoms with Gasteiger partial charge >= 0.3 is 0 Å². The van der Waals surface area contributed by atoms with Gasteiger partial charge in [0.1, 0.15) is 0 Å². The smallest absolute Gasteiger partial charge is 0.161 e. The van der Waals surface area contributed by atoms with E-state index in [1.54, 1.807) is 12.3 Å². The van der Waals surface area contributed by atoms with Gasteiger partial charge in [0.2, 0.25) is 0 Å². The number of H-pyrrole nitrogens is 1. The van der Waals surface area contributed by atoms with E-state index in [9.17, 15) is 0 Å². The van der Waals surface area contributed by atoms with Crippen molar-refractivity contribution in [2.45, 2.75) is 0 Å². The van der Waals surface area contributed by atoms with Crippen molar-refractivity contribution in [2.24, 2.45) is 0 Å². The number of aromatic amines is 1. The molecule has 1 N–H and O–H groups in total. The summed E-state index contributed by atoms with van der Waals surface area (Å²) in [5.74, 6) is 0. The molecule has 2 aromatic heterocycles. The van der Waals surface area contributed by atoms with E-state index in [1.165, 1.54) is 0 Å². The van der Waals surface area contributed by atoms with Crippen molar-refractivity contribution in [1.29, 1.82) is 0 Å². The van der Waals surface area contributed by atoms with Crippen LogP contribution in [0.3, 0.4) is 0 Å². The zero-order valence-corrected chi connectivity index (χ0v) is 7.65. The van der Waals surface area contributed by atoms with Gasteiger partial charge in [-0.15, -0.1) is 10.2 Å². The van der Waals surface area contributed by atoms with Crippen molar-refractivity contribution in [3.63, 3.8) is 0 Å². The lowest BCUT2D eigenvalue weighted by Crippen LogP contribution is -1.81. The van der Waals surface area contributed by atoms with Crippen LogP contribution in [0.2, 0.25) is 5.15 Å². The summed E-state index contributed by atoms with van der Waals surface area (Å²) < 4.78 is 0.948. The second-order valence-electron chi connectivity index (χ2n) is 2.07. The van der Waals surface area contributed by atoms with E-state index in [0.717, 1.165) is 15.5 Å². The number of rotatable bonds is 0. The molecule has 0 radical (unpaired) electrons. The Morgan fingerprint density at radius 2 is 2.27 bits per heavy atom. The lowest BCUT2D eigenvalue weighted by molar-refractivity contribution is 1.06. The molecule has 0 aliphatic carbocycles. The zero-order chi connectivity index (χ0) is 7.84. The Morgan fingerprint density at radius 3 is 3.09 bits per heavy atom. The third-order valence-electron chi connectivity index (χ3n) is 1.36. The number of halogens is 2. The highest BCUT2D eigenvalue weighted by Gasteiger charge is 2.02. The summed E-state index contributed by atoms with van der Waals surface area (Å²) >= 11 is 8.98. The molecule has 0 bridgehead atoms. The minimum Gasteiger partial charge on any atom is -0.343 e. The van der Waals surface area contributed by atoms with Crippen molar-refractivity contribution in [3.8, 4) is 0 Å². The number of hydrogen-bond acceptors (Lipinski definition) is 2. The average molecular weight is 232 g/mol. The molecule has 0 aliphatic heterocycles. The second-order valence-corrected chi connectivity index (χ2v) is 3.31. The quantitative estimate of drug-likeness (QED) is 0.758. The third-order valence-corrected chi connectivity index (χ3v) is 2.20. The zero-order valence-electron chi connectivity index (χ0n) is 5.31. The van der Waals surface area contributed by atoms with E-state index >= 15 is 0 Å². The Kier molecular flexibility index (Phi) is 1.58. The molecule has 56 valence electrons. The lowest BCUT2D eigenvalue weighted by atomic mass is 10.4. The minimum absolute atomic E-state index is 0.401. The Hall–Kier alpha value is -0.610. The van der Waals surface area contributed by atoms with E-state index in [0.29, 0.717) is 5.15 Å². The Bertz CT molecular complexity index is 398. The van der Waals surface area contributed by atoms with Gasteiger partial charge in [-0.1, -0.05) is 11.6 Å². The number of hydrogen-bond donors (Lipinski definition) is 1. The van der Waals surface area contributed by atoms with Crippen LogP contribution in [0.15, 0.2) is 16.7 Å². The first-order chi connectivity index (χ1) is 5.27. The molecule has 0 fully saturated rings. The predicted octanol–water partition coefficient (Wildman–Crippen LogP) is 2.37. The van der Waals surface area contributed by atoms with E-state index in [-0.39, 0.29) is 0 Å². The highest BCUT2D eigenvalue weighted by molar-refractivity contribution is 9.10. The van der Waals surface area contributed by atoms with Gasteiger partial charge < -0.3 is 4.98 Å². The Labute approximate surface area is 75.9 Å². The normalized spacial score (nSPS) is 10.7. The number of aromatic nitrogens is 3. The summed E-state index contributed by atoms with van der Waals surface area (Å²) in [5, 5.41) is 8.87. The van der Waals surface area contributed by atoms with Crippen LogP contribution < -0.4 is 0 Å². The summed E-state index contributed by atoms with van der Waals surface area (Å²) in [5.41, 5.74) is 0.737. The van der Waals surface area contributed by atoms with Crippen LogP contribution in [0.4, 0.5) is 0 Å². The van der Waals surface area contributed by atoms with Gasteiger partial charge in [-0.3, -0.25) is 0 Å². The van der Waals surface area contributed by atoms with Crippen LogP contribution in [0.25, 0.3) is 11.0 Å². The molecule has 2 heterocycles. The fourth-order valence-electron chi connectivity index (χ4n) is 0.866. The molecule has 0 unspecified atom stereocenters. The SMILES string of the molecule is Clc1cc2c(Br)c[nH]c2nn1. The predicted molar refractivity (Wildman–Crippen MR) is 46.6 cm³/mol. The minimum atomic E-state index is 0.401. The van der Waals surface area contributed by atoms with Gasteiger partial charge in [-0.05, 0) is 22.0 Å². The maximum absolute atomic E-state index is 5.64. The van der Waals surface area contributed by atoms with E-state index in [4.69, 9.17) is 11.6 Å². The van der Waals surface area contributed by atoms with Gasteiger partial charge in [0.15, 0.2) is 10.8 Å². The van der Waals surface area contributed by atoms with Crippen LogP contribution in [-0.4, -0.2) is 15.2 Å². The molecule has 0 atom stereocenters. The van der Waals surface area contributed by atoms with Gasteiger partial charge in [0.05, 0.1) is 0 Å². The molecule has 0 aromatic carbocycles. The molecular weight excluding hydrogens is 229 g/mol. The van der Waals surface area contributed by atoms with Crippen molar-refractivity contribution in [2.75, 3.05) is 0 Å². The molecule has 0 spiro atoms. The van der Waals surface area contributed by atoms with Crippen molar-refractivity contribution in [3.05, 3.63) is 21.9 Å².